The summed E-state index contributed by atoms with van der Waals surface area (Å²) in [4.78, 5) is 36.0. The molecule has 0 bridgehead atoms. The lowest BCUT2D eigenvalue weighted by Crippen LogP contribution is -2.45. The summed E-state index contributed by atoms with van der Waals surface area (Å²) in [5, 5.41) is 5.20. The molecule has 1 unspecified atom stereocenters. The third kappa shape index (κ3) is 4.01. The van der Waals surface area contributed by atoms with Crippen LogP contribution in [-0.2, 0) is 9.53 Å². The molecule has 1 aliphatic rings. The van der Waals surface area contributed by atoms with E-state index in [0.717, 1.165) is 0 Å². The van der Waals surface area contributed by atoms with E-state index in [1.165, 1.54) is 43.5 Å². The van der Waals surface area contributed by atoms with Crippen LogP contribution in [0.5, 0.6) is 5.75 Å². The van der Waals surface area contributed by atoms with Crippen molar-refractivity contribution in [1.82, 2.24) is 10.6 Å². The molecule has 2 N–H and O–H groups in total. The van der Waals surface area contributed by atoms with Crippen molar-refractivity contribution in [3.05, 3.63) is 76.7 Å². The highest BCUT2D eigenvalue weighted by molar-refractivity contribution is 5.95. The van der Waals surface area contributed by atoms with Gasteiger partial charge in [-0.1, -0.05) is 12.1 Å². The Morgan fingerprint density at radius 3 is 2.25 bits per heavy atom. The summed E-state index contributed by atoms with van der Waals surface area (Å²) in [6.45, 7) is 1.61. The standard InChI is InChI=1S/C20H17FN2O5/c1-11-16(19(25)27-2)17(23-20(26)22-11)12-5-9-15(10-6-12)28-18(24)13-3-7-14(21)8-4-13/h3-10,17H,1-2H3,(H2,22,23,26). The van der Waals surface area contributed by atoms with Gasteiger partial charge in [0.2, 0.25) is 0 Å². The van der Waals surface area contributed by atoms with E-state index in [2.05, 4.69) is 10.6 Å². The molecule has 0 radical (unpaired) electrons. The Morgan fingerprint density at radius 1 is 1.00 bits per heavy atom. The zero-order valence-electron chi connectivity index (χ0n) is 15.1. The van der Waals surface area contributed by atoms with Crippen LogP contribution in [0.4, 0.5) is 9.18 Å². The van der Waals surface area contributed by atoms with Gasteiger partial charge in [0, 0.05) is 5.70 Å². The highest BCUT2D eigenvalue weighted by Crippen LogP contribution is 2.28. The summed E-state index contributed by atoms with van der Waals surface area (Å²) in [6, 6.07) is 10.2. The number of rotatable bonds is 4. The molecule has 0 spiro atoms. The predicted molar refractivity (Wildman–Crippen MR) is 96.9 cm³/mol. The number of carbonyl (C=O) groups excluding carboxylic acids is 3. The molecular formula is C20H17FN2O5. The molecule has 28 heavy (non-hydrogen) atoms. The number of nitrogens with one attached hydrogen (secondary N) is 2. The summed E-state index contributed by atoms with van der Waals surface area (Å²) in [6.07, 6.45) is 0. The second-order valence-electron chi connectivity index (χ2n) is 6.03. The van der Waals surface area contributed by atoms with Gasteiger partial charge in [0.05, 0.1) is 24.3 Å². The third-order valence-electron chi connectivity index (χ3n) is 4.18. The molecule has 0 aromatic heterocycles. The van der Waals surface area contributed by atoms with Crippen molar-refractivity contribution >= 4 is 18.0 Å². The number of ether oxygens (including phenoxy) is 2. The van der Waals surface area contributed by atoms with Crippen molar-refractivity contribution < 1.29 is 28.2 Å². The molecule has 2 amide bonds. The van der Waals surface area contributed by atoms with E-state index >= 15 is 0 Å². The number of carbonyl (C=O) groups is 3. The fourth-order valence-electron chi connectivity index (χ4n) is 2.80. The van der Waals surface area contributed by atoms with Gasteiger partial charge >= 0.3 is 18.0 Å². The lowest BCUT2D eigenvalue weighted by atomic mass is 9.95. The lowest BCUT2D eigenvalue weighted by molar-refractivity contribution is -0.136. The van der Waals surface area contributed by atoms with Crippen LogP contribution in [0.2, 0.25) is 0 Å². The smallest absolute Gasteiger partial charge is 0.343 e. The zero-order chi connectivity index (χ0) is 20.3. The highest BCUT2D eigenvalue weighted by Gasteiger charge is 2.31. The first kappa shape index (κ1) is 19.1. The van der Waals surface area contributed by atoms with E-state index in [1.807, 2.05) is 0 Å². The summed E-state index contributed by atoms with van der Waals surface area (Å²) in [5.41, 5.74) is 1.49. The third-order valence-corrected chi connectivity index (χ3v) is 4.18. The largest absolute Gasteiger partial charge is 0.466 e. The Labute approximate surface area is 160 Å². The van der Waals surface area contributed by atoms with Gasteiger partial charge in [-0.15, -0.1) is 0 Å². The van der Waals surface area contributed by atoms with Crippen molar-refractivity contribution in [2.45, 2.75) is 13.0 Å². The first-order valence-electron chi connectivity index (χ1n) is 8.33. The number of benzene rings is 2. The average Bonchev–Trinajstić information content (AvgIpc) is 2.68. The van der Waals surface area contributed by atoms with Gasteiger partial charge in [0.1, 0.15) is 11.6 Å². The van der Waals surface area contributed by atoms with Crippen molar-refractivity contribution in [3.63, 3.8) is 0 Å². The van der Waals surface area contributed by atoms with E-state index in [9.17, 15) is 18.8 Å². The summed E-state index contributed by atoms with van der Waals surface area (Å²) in [5.74, 6) is -1.39. The molecule has 2 aromatic carbocycles. The van der Waals surface area contributed by atoms with Gasteiger partial charge < -0.3 is 20.1 Å². The minimum Gasteiger partial charge on any atom is -0.466 e. The number of hydrogen-bond acceptors (Lipinski definition) is 5. The van der Waals surface area contributed by atoms with Gasteiger partial charge in [0.25, 0.3) is 0 Å². The molecule has 1 atom stereocenters. The lowest BCUT2D eigenvalue weighted by Gasteiger charge is -2.27. The maximum Gasteiger partial charge on any atom is 0.343 e. The topological polar surface area (TPSA) is 93.7 Å². The first-order valence-corrected chi connectivity index (χ1v) is 8.33. The number of urea groups is 1. The molecule has 0 saturated carbocycles. The van der Waals surface area contributed by atoms with Crippen LogP contribution in [0.1, 0.15) is 28.9 Å². The Balaban J connectivity index is 1.80. The van der Waals surface area contributed by atoms with E-state index in [-0.39, 0.29) is 16.9 Å². The van der Waals surface area contributed by atoms with E-state index in [1.54, 1.807) is 19.1 Å². The number of esters is 2. The van der Waals surface area contributed by atoms with E-state index in [0.29, 0.717) is 11.3 Å². The molecular weight excluding hydrogens is 367 g/mol. The van der Waals surface area contributed by atoms with Crippen LogP contribution in [0.3, 0.4) is 0 Å². The minimum atomic E-state index is -0.706. The second kappa shape index (κ2) is 7.91. The average molecular weight is 384 g/mol. The first-order chi connectivity index (χ1) is 13.4. The molecule has 1 aliphatic heterocycles. The van der Waals surface area contributed by atoms with Gasteiger partial charge in [-0.25, -0.2) is 18.8 Å². The van der Waals surface area contributed by atoms with E-state index in [4.69, 9.17) is 9.47 Å². The zero-order valence-corrected chi connectivity index (χ0v) is 15.1. The maximum atomic E-state index is 12.9. The van der Waals surface area contributed by atoms with Crippen LogP contribution < -0.4 is 15.4 Å². The number of hydrogen-bond donors (Lipinski definition) is 2. The molecule has 144 valence electrons. The Hall–Kier alpha value is -3.68. The minimum absolute atomic E-state index is 0.211. The summed E-state index contributed by atoms with van der Waals surface area (Å²) >= 11 is 0. The molecule has 0 fully saturated rings. The fourth-order valence-corrected chi connectivity index (χ4v) is 2.80. The summed E-state index contributed by atoms with van der Waals surface area (Å²) < 4.78 is 23.0. The Morgan fingerprint density at radius 2 is 1.64 bits per heavy atom. The molecule has 7 nitrogen and oxygen atoms in total. The van der Waals surface area contributed by atoms with Crippen LogP contribution in [0.15, 0.2) is 59.8 Å². The predicted octanol–water partition coefficient (Wildman–Crippen LogP) is 2.85. The van der Waals surface area contributed by atoms with Crippen molar-refractivity contribution in [2.24, 2.45) is 0 Å². The van der Waals surface area contributed by atoms with Gasteiger partial charge in [-0.2, -0.15) is 0 Å². The summed E-state index contributed by atoms with van der Waals surface area (Å²) in [7, 11) is 1.26. The fraction of sp³-hybridized carbons (Fsp3) is 0.150. The second-order valence-corrected chi connectivity index (χ2v) is 6.03. The maximum absolute atomic E-state index is 12.9. The normalized spacial score (nSPS) is 16.1. The van der Waals surface area contributed by atoms with Crippen molar-refractivity contribution in [1.29, 1.82) is 0 Å². The molecule has 8 heteroatoms. The van der Waals surface area contributed by atoms with Gasteiger partial charge in [-0.3, -0.25) is 0 Å². The van der Waals surface area contributed by atoms with Crippen LogP contribution in [0.25, 0.3) is 0 Å². The number of halogens is 1. The number of amides is 2. The van der Waals surface area contributed by atoms with Gasteiger partial charge in [-0.05, 0) is 48.9 Å². The highest BCUT2D eigenvalue weighted by atomic mass is 19.1. The Bertz CT molecular complexity index is 952. The molecule has 2 aromatic rings. The molecule has 3 rings (SSSR count). The molecule has 1 heterocycles. The van der Waals surface area contributed by atoms with Crippen LogP contribution in [-0.4, -0.2) is 25.1 Å². The van der Waals surface area contributed by atoms with Crippen molar-refractivity contribution in [3.8, 4) is 5.75 Å². The van der Waals surface area contributed by atoms with Crippen molar-refractivity contribution in [2.75, 3.05) is 7.11 Å². The quantitative estimate of drug-likeness (QED) is 0.625. The van der Waals surface area contributed by atoms with Crippen LogP contribution >= 0.6 is 0 Å². The monoisotopic (exact) mass is 384 g/mol. The SMILES string of the molecule is COC(=O)C1=C(C)NC(=O)NC1c1ccc(OC(=O)c2ccc(F)cc2)cc1. The Kier molecular flexibility index (Phi) is 5.39. The molecule has 0 aliphatic carbocycles. The molecule has 0 saturated heterocycles. The van der Waals surface area contributed by atoms with Gasteiger partial charge in [0.15, 0.2) is 0 Å². The van der Waals surface area contributed by atoms with E-state index < -0.39 is 29.8 Å². The number of allylic oxidation sites excluding steroid dienone is 1. The van der Waals surface area contributed by atoms with Crippen LogP contribution in [0, 0.1) is 5.82 Å². The number of methoxy groups -OCH3 is 1.